The SMILES string of the molecule is CCC(CCl)NC(=O)C12CC3CC(C)(CC(C)(C3)C1)C2. The van der Waals surface area contributed by atoms with Crippen molar-refractivity contribution >= 4 is 17.5 Å². The summed E-state index contributed by atoms with van der Waals surface area (Å²) >= 11 is 5.96. The van der Waals surface area contributed by atoms with Crippen LogP contribution in [-0.2, 0) is 4.79 Å². The van der Waals surface area contributed by atoms with E-state index in [9.17, 15) is 4.79 Å². The number of nitrogens with one attached hydrogen (secondary N) is 1. The van der Waals surface area contributed by atoms with Gasteiger partial charge >= 0.3 is 0 Å². The molecule has 0 heterocycles. The quantitative estimate of drug-likeness (QED) is 0.777. The second-order valence-electron chi connectivity index (χ2n) is 8.64. The maximum atomic E-state index is 12.9. The van der Waals surface area contributed by atoms with Gasteiger partial charge in [0, 0.05) is 11.9 Å². The van der Waals surface area contributed by atoms with Gasteiger partial charge in [0.2, 0.25) is 5.91 Å². The van der Waals surface area contributed by atoms with Gasteiger partial charge in [0.15, 0.2) is 0 Å². The Morgan fingerprint density at radius 1 is 1.20 bits per heavy atom. The molecule has 0 radical (unpaired) electrons. The number of hydrogen-bond donors (Lipinski definition) is 1. The van der Waals surface area contributed by atoms with E-state index in [4.69, 9.17) is 11.6 Å². The molecular weight excluding hydrogens is 270 g/mol. The first-order valence-corrected chi connectivity index (χ1v) is 8.72. The first-order chi connectivity index (χ1) is 9.32. The summed E-state index contributed by atoms with van der Waals surface area (Å²) in [5.41, 5.74) is 0.699. The van der Waals surface area contributed by atoms with Crippen LogP contribution in [-0.4, -0.2) is 17.8 Å². The van der Waals surface area contributed by atoms with E-state index in [1.54, 1.807) is 0 Å². The highest BCUT2D eigenvalue weighted by Gasteiger charge is 2.62. The highest BCUT2D eigenvalue weighted by Crippen LogP contribution is 2.69. The highest BCUT2D eigenvalue weighted by atomic mass is 35.5. The third kappa shape index (κ3) is 2.28. The Balaban J connectivity index is 1.83. The van der Waals surface area contributed by atoms with Crippen LogP contribution in [0.3, 0.4) is 0 Å². The summed E-state index contributed by atoms with van der Waals surface area (Å²) in [6, 6.07) is 0.137. The molecule has 4 saturated carbocycles. The molecule has 0 spiro atoms. The van der Waals surface area contributed by atoms with Gasteiger partial charge < -0.3 is 5.32 Å². The predicted octanol–water partition coefficient (Wildman–Crippen LogP) is 4.12. The molecule has 4 fully saturated rings. The number of hydrogen-bond acceptors (Lipinski definition) is 1. The third-order valence-electron chi connectivity index (χ3n) is 6.12. The van der Waals surface area contributed by atoms with E-state index in [0.717, 1.165) is 31.6 Å². The largest absolute Gasteiger partial charge is 0.352 e. The Labute approximate surface area is 128 Å². The predicted molar refractivity (Wildman–Crippen MR) is 82.8 cm³/mol. The number of rotatable bonds is 4. The van der Waals surface area contributed by atoms with E-state index in [2.05, 4.69) is 26.1 Å². The smallest absolute Gasteiger partial charge is 0.226 e. The lowest BCUT2D eigenvalue weighted by atomic mass is 9.40. The second kappa shape index (κ2) is 4.63. The van der Waals surface area contributed by atoms with E-state index in [0.29, 0.717) is 22.6 Å². The minimum Gasteiger partial charge on any atom is -0.352 e. The van der Waals surface area contributed by atoms with Crippen LogP contribution in [0.4, 0.5) is 0 Å². The van der Waals surface area contributed by atoms with Gasteiger partial charge in [0.05, 0.1) is 5.41 Å². The van der Waals surface area contributed by atoms with Crippen LogP contribution in [0.5, 0.6) is 0 Å². The summed E-state index contributed by atoms with van der Waals surface area (Å²) in [5.74, 6) is 1.59. The molecule has 1 amide bonds. The number of amides is 1. The zero-order chi connectivity index (χ0) is 14.6. The summed E-state index contributed by atoms with van der Waals surface area (Å²) in [4.78, 5) is 12.9. The number of alkyl halides is 1. The standard InChI is InChI=1S/C17H28ClNO/c1-4-13(8-18)19-14(20)17-7-12-5-15(2,10-17)9-16(3,6-12)11-17/h12-13H,4-11H2,1-3H3,(H,19,20). The third-order valence-corrected chi connectivity index (χ3v) is 6.49. The summed E-state index contributed by atoms with van der Waals surface area (Å²) in [6.45, 7) is 6.92. The summed E-state index contributed by atoms with van der Waals surface area (Å²) in [7, 11) is 0. The molecule has 3 heteroatoms. The molecule has 2 nitrogen and oxygen atoms in total. The van der Waals surface area contributed by atoms with Crippen molar-refractivity contribution in [2.75, 3.05) is 5.88 Å². The van der Waals surface area contributed by atoms with Crippen molar-refractivity contribution in [2.45, 2.75) is 71.8 Å². The van der Waals surface area contributed by atoms with E-state index < -0.39 is 0 Å². The van der Waals surface area contributed by atoms with Crippen molar-refractivity contribution in [3.63, 3.8) is 0 Å². The van der Waals surface area contributed by atoms with Crippen LogP contribution in [0.2, 0.25) is 0 Å². The average molecular weight is 298 g/mol. The van der Waals surface area contributed by atoms with Gasteiger partial charge in [-0.3, -0.25) is 4.79 Å². The Bertz CT molecular complexity index is 399. The fourth-order valence-corrected chi connectivity index (χ4v) is 6.58. The van der Waals surface area contributed by atoms with Crippen molar-refractivity contribution in [1.29, 1.82) is 0 Å². The fraction of sp³-hybridized carbons (Fsp3) is 0.941. The average Bonchev–Trinajstić information content (AvgIpc) is 2.31. The van der Waals surface area contributed by atoms with Crippen molar-refractivity contribution < 1.29 is 4.79 Å². The molecule has 1 N–H and O–H groups in total. The lowest BCUT2D eigenvalue weighted by Crippen LogP contribution is -2.60. The molecule has 20 heavy (non-hydrogen) atoms. The lowest BCUT2D eigenvalue weighted by Gasteiger charge is -2.64. The Kier molecular flexibility index (Phi) is 3.40. The number of halogens is 1. The van der Waals surface area contributed by atoms with Crippen molar-refractivity contribution in [1.82, 2.24) is 5.32 Å². The second-order valence-corrected chi connectivity index (χ2v) is 8.95. The molecule has 0 aromatic carbocycles. The van der Waals surface area contributed by atoms with Crippen LogP contribution < -0.4 is 5.32 Å². The molecule has 3 atom stereocenters. The maximum absolute atomic E-state index is 12.9. The van der Waals surface area contributed by atoms with Gasteiger partial charge in [-0.1, -0.05) is 20.8 Å². The topological polar surface area (TPSA) is 29.1 Å². The maximum Gasteiger partial charge on any atom is 0.226 e. The zero-order valence-corrected chi connectivity index (χ0v) is 13.9. The molecule has 4 bridgehead atoms. The van der Waals surface area contributed by atoms with Crippen LogP contribution in [0.15, 0.2) is 0 Å². The van der Waals surface area contributed by atoms with Crippen LogP contribution >= 0.6 is 11.6 Å². The fourth-order valence-electron chi connectivity index (χ4n) is 6.29. The van der Waals surface area contributed by atoms with Crippen LogP contribution in [0.1, 0.15) is 65.7 Å². The van der Waals surface area contributed by atoms with Gasteiger partial charge in [0.25, 0.3) is 0 Å². The van der Waals surface area contributed by atoms with Crippen molar-refractivity contribution in [2.24, 2.45) is 22.2 Å². The normalized spacial score (nSPS) is 47.3. The monoisotopic (exact) mass is 297 g/mol. The van der Waals surface area contributed by atoms with E-state index in [1.165, 1.54) is 19.3 Å². The minimum absolute atomic E-state index is 0.0948. The molecule has 114 valence electrons. The van der Waals surface area contributed by atoms with Gasteiger partial charge in [-0.15, -0.1) is 11.6 Å². The summed E-state index contributed by atoms with van der Waals surface area (Å²) < 4.78 is 0. The molecule has 4 rings (SSSR count). The highest BCUT2D eigenvalue weighted by molar-refractivity contribution is 6.18. The van der Waals surface area contributed by atoms with Crippen LogP contribution in [0.25, 0.3) is 0 Å². The van der Waals surface area contributed by atoms with Gasteiger partial charge in [-0.05, 0) is 61.7 Å². The zero-order valence-electron chi connectivity index (χ0n) is 13.1. The van der Waals surface area contributed by atoms with Gasteiger partial charge in [-0.25, -0.2) is 0 Å². The molecule has 0 aromatic heterocycles. The molecule has 4 aliphatic rings. The molecular formula is C17H28ClNO. The minimum atomic E-state index is -0.0948. The lowest BCUT2D eigenvalue weighted by molar-refractivity contribution is -0.170. The van der Waals surface area contributed by atoms with E-state index >= 15 is 0 Å². The first-order valence-electron chi connectivity index (χ1n) is 8.19. The molecule has 0 aliphatic heterocycles. The summed E-state index contributed by atoms with van der Waals surface area (Å²) in [6.07, 6.45) is 8.21. The summed E-state index contributed by atoms with van der Waals surface area (Å²) in [5, 5.41) is 3.24. The Hall–Kier alpha value is -0.240. The van der Waals surface area contributed by atoms with Crippen LogP contribution in [0, 0.1) is 22.2 Å². The molecule has 0 saturated heterocycles. The van der Waals surface area contributed by atoms with Crippen molar-refractivity contribution in [3.05, 3.63) is 0 Å². The Morgan fingerprint density at radius 2 is 1.80 bits per heavy atom. The Morgan fingerprint density at radius 3 is 2.25 bits per heavy atom. The molecule has 3 unspecified atom stereocenters. The van der Waals surface area contributed by atoms with Crippen molar-refractivity contribution in [3.8, 4) is 0 Å². The first kappa shape index (κ1) is 14.7. The molecule has 0 aromatic rings. The number of carbonyl (C=O) groups excluding carboxylic acids is 1. The number of carbonyl (C=O) groups is 1. The van der Waals surface area contributed by atoms with E-state index in [1.807, 2.05) is 0 Å². The molecule has 4 aliphatic carbocycles. The van der Waals surface area contributed by atoms with Gasteiger partial charge in [-0.2, -0.15) is 0 Å². The van der Waals surface area contributed by atoms with Gasteiger partial charge in [0.1, 0.15) is 0 Å². The van der Waals surface area contributed by atoms with E-state index in [-0.39, 0.29) is 11.5 Å².